The van der Waals surface area contributed by atoms with Crippen molar-refractivity contribution in [3.63, 3.8) is 0 Å². The lowest BCUT2D eigenvalue weighted by molar-refractivity contribution is 0.0971. The highest BCUT2D eigenvalue weighted by molar-refractivity contribution is 6.31. The molecule has 0 atom stereocenters. The fourth-order valence-corrected chi connectivity index (χ4v) is 10.2. The van der Waals surface area contributed by atoms with Gasteiger partial charge in [-0.05, 0) is 129 Å². The average molecular weight is 874 g/mol. The molecule has 0 bridgehead atoms. The number of fused-ring (bicyclic) bond motifs is 4. The molecule has 0 radical (unpaired) electrons. The Morgan fingerprint density at radius 1 is 0.500 bits per heavy atom. The minimum absolute atomic E-state index is 0.0595. The summed E-state index contributed by atoms with van der Waals surface area (Å²) >= 11 is 12.7. The van der Waals surface area contributed by atoms with Gasteiger partial charge >= 0.3 is 0 Å². The Kier molecular flexibility index (Phi) is 11.3. The Labute approximate surface area is 370 Å². The third kappa shape index (κ3) is 7.70. The molecule has 0 aliphatic carbocycles. The molecular weight excluding hydrogens is 828 g/mol. The van der Waals surface area contributed by atoms with Gasteiger partial charge in [0.2, 0.25) is 0 Å². The number of amides is 2. The molecule has 0 aromatic heterocycles. The normalized spacial score (nSPS) is 17.1. The molecule has 0 unspecified atom stereocenters. The summed E-state index contributed by atoms with van der Waals surface area (Å²) in [6.07, 6.45) is 3.32. The lowest BCUT2D eigenvalue weighted by Gasteiger charge is -2.41. The highest BCUT2D eigenvalue weighted by Gasteiger charge is 2.48. The van der Waals surface area contributed by atoms with Crippen LogP contribution < -0.4 is 19.6 Å². The molecule has 0 N–H and O–H groups in total. The number of rotatable bonds is 4. The SMILES string of the molecule is Cc1ccc(N2CCC3(CC2)CN(C(=O)c2ccccc2F)c2ccc(Cl)cc23)cc1.O=C(c1ccccc1F)N1CC2(CCN(c3ccccc3F)CC2)c2cc(Cl)ccc21. The molecule has 2 amide bonds. The van der Waals surface area contributed by atoms with Crippen LogP contribution >= 0.6 is 23.2 Å². The molecule has 2 saturated heterocycles. The number of piperidine rings is 2. The van der Waals surface area contributed by atoms with Crippen LogP contribution in [0.3, 0.4) is 0 Å². The van der Waals surface area contributed by atoms with Crippen molar-refractivity contribution in [2.45, 2.75) is 43.4 Å². The molecule has 4 aliphatic rings. The predicted molar refractivity (Wildman–Crippen MR) is 243 cm³/mol. The molecule has 10 rings (SSSR count). The Balaban J connectivity index is 0.000000158. The Hall–Kier alpha value is -5.77. The summed E-state index contributed by atoms with van der Waals surface area (Å²) in [6, 6.07) is 38.9. The zero-order valence-electron chi connectivity index (χ0n) is 34.3. The molecule has 6 nitrogen and oxygen atoms in total. The lowest BCUT2D eigenvalue weighted by atomic mass is 9.74. The summed E-state index contributed by atoms with van der Waals surface area (Å²) in [5.74, 6) is -1.89. The van der Waals surface area contributed by atoms with Gasteiger partial charge in [0.05, 0.1) is 16.8 Å². The first-order valence-electron chi connectivity index (χ1n) is 21.0. The topological polar surface area (TPSA) is 47.1 Å². The van der Waals surface area contributed by atoms with Crippen LogP contribution in [-0.2, 0) is 10.8 Å². The number of carbonyl (C=O) groups is 2. The molecule has 6 aromatic rings. The van der Waals surface area contributed by atoms with Crippen molar-refractivity contribution in [2.24, 2.45) is 0 Å². The monoisotopic (exact) mass is 872 g/mol. The van der Waals surface area contributed by atoms with Gasteiger partial charge in [-0.15, -0.1) is 0 Å². The summed E-state index contributed by atoms with van der Waals surface area (Å²) in [4.78, 5) is 34.4. The average Bonchev–Trinajstić information content (AvgIpc) is 3.76. The van der Waals surface area contributed by atoms with Gasteiger partial charge < -0.3 is 19.6 Å². The first-order chi connectivity index (χ1) is 29.9. The second kappa shape index (κ2) is 16.8. The number of hydrogen-bond acceptors (Lipinski definition) is 4. The van der Waals surface area contributed by atoms with Gasteiger partial charge in [-0.2, -0.15) is 0 Å². The van der Waals surface area contributed by atoms with E-state index >= 15 is 0 Å². The van der Waals surface area contributed by atoms with Crippen molar-refractivity contribution in [1.82, 2.24) is 0 Å². The van der Waals surface area contributed by atoms with Crippen molar-refractivity contribution in [3.8, 4) is 0 Å². The summed E-state index contributed by atoms with van der Waals surface area (Å²) in [6.45, 7) is 6.23. The summed E-state index contributed by atoms with van der Waals surface area (Å²) in [5.41, 5.74) is 6.53. The van der Waals surface area contributed by atoms with Gasteiger partial charge in [-0.3, -0.25) is 9.59 Å². The molecule has 11 heteroatoms. The molecule has 6 aromatic carbocycles. The highest BCUT2D eigenvalue weighted by Crippen LogP contribution is 2.50. The zero-order chi connectivity index (χ0) is 43.2. The van der Waals surface area contributed by atoms with E-state index in [0.29, 0.717) is 41.9 Å². The van der Waals surface area contributed by atoms with Gasteiger partial charge in [0.1, 0.15) is 17.5 Å². The summed E-state index contributed by atoms with van der Waals surface area (Å²) in [5, 5.41) is 1.27. The number of aryl methyl sites for hydroxylation is 1. The fourth-order valence-electron chi connectivity index (χ4n) is 9.89. The van der Waals surface area contributed by atoms with E-state index in [1.54, 1.807) is 58.3 Å². The minimum Gasteiger partial charge on any atom is -0.371 e. The van der Waals surface area contributed by atoms with Crippen LogP contribution in [0.4, 0.5) is 35.9 Å². The van der Waals surface area contributed by atoms with Gasteiger partial charge in [0.15, 0.2) is 0 Å². The van der Waals surface area contributed by atoms with E-state index < -0.39 is 11.6 Å². The second-order valence-electron chi connectivity index (χ2n) is 16.9. The Bertz CT molecular complexity index is 2660. The van der Waals surface area contributed by atoms with Gasteiger partial charge in [-0.1, -0.05) is 77.3 Å². The van der Waals surface area contributed by atoms with Crippen LogP contribution in [0, 0.1) is 24.4 Å². The Morgan fingerprint density at radius 3 is 1.37 bits per heavy atom. The van der Waals surface area contributed by atoms with E-state index in [9.17, 15) is 22.8 Å². The molecule has 2 spiro atoms. The summed E-state index contributed by atoms with van der Waals surface area (Å²) in [7, 11) is 0. The van der Waals surface area contributed by atoms with Crippen molar-refractivity contribution in [3.05, 3.63) is 189 Å². The standard InChI is InChI=1S/C26H24ClFN2O.C25H21ClF2N2O/c1-18-6-9-20(10-7-18)29-14-12-26(13-15-29)17-30(24-11-8-19(27)16-22(24)26)25(31)21-4-2-3-5-23(21)28;26-17-9-10-22-19(15-17)25(16-30(22)24(31)18-5-1-2-6-20(18)27)11-13-29(14-12-25)23-8-4-3-7-21(23)28/h2-11,16H,12-15,17H2,1H3;1-10,15H,11-14,16H2. The van der Waals surface area contributed by atoms with E-state index in [-0.39, 0.29) is 39.6 Å². The van der Waals surface area contributed by atoms with Crippen molar-refractivity contribution >= 4 is 57.8 Å². The maximum absolute atomic E-state index is 14.4. The molecule has 2 fully saturated rings. The van der Waals surface area contributed by atoms with E-state index in [4.69, 9.17) is 23.2 Å². The number of benzene rings is 6. The number of para-hydroxylation sites is 1. The molecule has 316 valence electrons. The number of halogens is 5. The minimum atomic E-state index is -0.529. The van der Waals surface area contributed by atoms with Gasteiger partial charge in [0, 0.05) is 77.2 Å². The van der Waals surface area contributed by atoms with Crippen LogP contribution in [-0.4, -0.2) is 51.1 Å². The first kappa shape index (κ1) is 41.6. The largest absolute Gasteiger partial charge is 0.371 e. The Morgan fingerprint density at radius 2 is 0.919 bits per heavy atom. The van der Waals surface area contributed by atoms with Gasteiger partial charge in [-0.25, -0.2) is 13.2 Å². The molecule has 4 heterocycles. The zero-order valence-corrected chi connectivity index (χ0v) is 35.8. The first-order valence-corrected chi connectivity index (χ1v) is 21.7. The molecule has 62 heavy (non-hydrogen) atoms. The quantitative estimate of drug-likeness (QED) is 0.177. The smallest absolute Gasteiger partial charge is 0.261 e. The molecule has 0 saturated carbocycles. The van der Waals surface area contributed by atoms with Crippen molar-refractivity contribution < 1.29 is 22.8 Å². The van der Waals surface area contributed by atoms with E-state index in [1.165, 1.54) is 35.5 Å². The maximum Gasteiger partial charge on any atom is 0.261 e. The van der Waals surface area contributed by atoms with Crippen LogP contribution in [0.2, 0.25) is 10.0 Å². The van der Waals surface area contributed by atoms with E-state index in [0.717, 1.165) is 61.3 Å². The van der Waals surface area contributed by atoms with Crippen LogP contribution in [0.5, 0.6) is 0 Å². The highest BCUT2D eigenvalue weighted by atomic mass is 35.5. The maximum atomic E-state index is 14.4. The lowest BCUT2D eigenvalue weighted by Crippen LogP contribution is -2.46. The third-order valence-electron chi connectivity index (χ3n) is 13.3. The van der Waals surface area contributed by atoms with Crippen molar-refractivity contribution in [2.75, 3.05) is 58.9 Å². The number of carbonyl (C=O) groups excluding carboxylic acids is 2. The fraction of sp³-hybridized carbons (Fsp3) is 0.255. The van der Waals surface area contributed by atoms with E-state index in [2.05, 4.69) is 36.1 Å². The number of hydrogen-bond donors (Lipinski definition) is 0. The predicted octanol–water partition coefficient (Wildman–Crippen LogP) is 11.8. The number of nitrogens with zero attached hydrogens (tertiary/aromatic N) is 4. The molecular formula is C51H45Cl2F3N4O2. The molecule has 4 aliphatic heterocycles. The summed E-state index contributed by atoms with van der Waals surface area (Å²) < 4.78 is 43.0. The van der Waals surface area contributed by atoms with Crippen molar-refractivity contribution in [1.29, 1.82) is 0 Å². The van der Waals surface area contributed by atoms with Crippen LogP contribution in [0.1, 0.15) is 63.1 Å². The third-order valence-corrected chi connectivity index (χ3v) is 13.8. The van der Waals surface area contributed by atoms with Gasteiger partial charge in [0.25, 0.3) is 11.8 Å². The van der Waals surface area contributed by atoms with Crippen LogP contribution in [0.15, 0.2) is 133 Å². The number of anilines is 4. The van der Waals surface area contributed by atoms with Crippen LogP contribution in [0.25, 0.3) is 0 Å². The van der Waals surface area contributed by atoms with E-state index in [1.807, 2.05) is 41.3 Å². The second-order valence-corrected chi connectivity index (χ2v) is 17.8.